The number of hydrogen-bond acceptors (Lipinski definition) is 3. The molecule has 3 aromatic carbocycles. The van der Waals surface area contributed by atoms with Crippen molar-refractivity contribution in [3.8, 4) is 0 Å². The number of para-hydroxylation sites is 1. The number of anilines is 1. The van der Waals surface area contributed by atoms with Gasteiger partial charge in [-0.05, 0) is 60.4 Å². The van der Waals surface area contributed by atoms with Crippen LogP contribution in [0.25, 0.3) is 0 Å². The number of halogens is 1. The maximum atomic E-state index is 13.4. The number of amides is 3. The lowest BCUT2D eigenvalue weighted by Gasteiger charge is -2.26. The molecule has 3 aromatic rings. The van der Waals surface area contributed by atoms with Crippen LogP contribution in [0.3, 0.4) is 0 Å². The van der Waals surface area contributed by atoms with E-state index in [-0.39, 0.29) is 23.5 Å². The van der Waals surface area contributed by atoms with Gasteiger partial charge >= 0.3 is 0 Å². The van der Waals surface area contributed by atoms with Crippen LogP contribution < -0.4 is 10.2 Å². The van der Waals surface area contributed by atoms with Gasteiger partial charge in [0.1, 0.15) is 11.9 Å². The smallest absolute Gasteiger partial charge is 0.256 e. The molecule has 1 N–H and O–H groups in total. The molecule has 1 fully saturated rings. The van der Waals surface area contributed by atoms with E-state index in [4.69, 9.17) is 0 Å². The third kappa shape index (κ3) is 4.17. The van der Waals surface area contributed by atoms with Crippen molar-refractivity contribution in [3.63, 3.8) is 0 Å². The Morgan fingerprint density at radius 3 is 2.41 bits per heavy atom. The van der Waals surface area contributed by atoms with E-state index in [1.54, 1.807) is 40.1 Å². The average molecular weight is 458 g/mol. The summed E-state index contributed by atoms with van der Waals surface area (Å²) in [5.41, 5.74) is 3.31. The van der Waals surface area contributed by atoms with Gasteiger partial charge < -0.3 is 15.1 Å². The van der Waals surface area contributed by atoms with E-state index in [0.29, 0.717) is 42.9 Å². The molecule has 6 nitrogen and oxygen atoms in total. The fraction of sp³-hybridized carbons (Fsp3) is 0.222. The Kier molecular flexibility index (Phi) is 5.84. The SMILES string of the molecule is O=C(NCc1ccc(F)cc1)c1ccc(CN2C(=O)[C@@H]3CCCN3C(=O)c3ccccc32)cc1. The molecule has 0 saturated carbocycles. The summed E-state index contributed by atoms with van der Waals surface area (Å²) in [4.78, 5) is 42.3. The summed E-state index contributed by atoms with van der Waals surface area (Å²) in [7, 11) is 0. The summed E-state index contributed by atoms with van der Waals surface area (Å²) in [5, 5.41) is 2.83. The minimum atomic E-state index is -0.434. The van der Waals surface area contributed by atoms with Gasteiger partial charge in [0.15, 0.2) is 0 Å². The molecule has 34 heavy (non-hydrogen) atoms. The summed E-state index contributed by atoms with van der Waals surface area (Å²) in [6.07, 6.45) is 1.49. The van der Waals surface area contributed by atoms with Gasteiger partial charge in [-0.2, -0.15) is 0 Å². The van der Waals surface area contributed by atoms with E-state index in [1.807, 2.05) is 30.3 Å². The lowest BCUT2D eigenvalue weighted by atomic mass is 10.1. The highest BCUT2D eigenvalue weighted by atomic mass is 19.1. The van der Waals surface area contributed by atoms with Gasteiger partial charge in [-0.25, -0.2) is 4.39 Å². The molecule has 0 aliphatic carbocycles. The highest BCUT2D eigenvalue weighted by Gasteiger charge is 2.41. The number of rotatable bonds is 5. The second-order valence-corrected chi connectivity index (χ2v) is 8.60. The van der Waals surface area contributed by atoms with Crippen molar-refractivity contribution in [3.05, 3.63) is 101 Å². The predicted molar refractivity (Wildman–Crippen MR) is 126 cm³/mol. The Labute approximate surface area is 197 Å². The zero-order valence-corrected chi connectivity index (χ0v) is 18.5. The van der Waals surface area contributed by atoms with Crippen LogP contribution in [0, 0.1) is 5.82 Å². The molecular formula is C27H24FN3O3. The van der Waals surface area contributed by atoms with Crippen molar-refractivity contribution >= 4 is 23.4 Å². The minimum Gasteiger partial charge on any atom is -0.348 e. The van der Waals surface area contributed by atoms with Crippen LogP contribution in [-0.4, -0.2) is 35.2 Å². The van der Waals surface area contributed by atoms with Crippen LogP contribution in [0.5, 0.6) is 0 Å². The standard InChI is InChI=1S/C27H24FN3O3/c28-21-13-9-18(10-14-21)16-29-25(32)20-11-7-19(8-12-20)17-31-23-5-2-1-4-22(23)26(33)30-15-3-6-24(30)27(31)34/h1-2,4-5,7-14,24H,3,6,15-17H2,(H,29,32)/t24-/m0/s1. The Balaban J connectivity index is 1.32. The first-order chi connectivity index (χ1) is 16.5. The van der Waals surface area contributed by atoms with Crippen LogP contribution in [0.15, 0.2) is 72.8 Å². The van der Waals surface area contributed by atoms with E-state index in [9.17, 15) is 18.8 Å². The first-order valence-corrected chi connectivity index (χ1v) is 11.3. The molecule has 2 aliphatic heterocycles. The Morgan fingerprint density at radius 1 is 0.941 bits per heavy atom. The topological polar surface area (TPSA) is 69.7 Å². The predicted octanol–water partition coefficient (Wildman–Crippen LogP) is 3.91. The zero-order chi connectivity index (χ0) is 23.7. The van der Waals surface area contributed by atoms with E-state index >= 15 is 0 Å². The largest absolute Gasteiger partial charge is 0.348 e. The Morgan fingerprint density at radius 2 is 1.65 bits per heavy atom. The summed E-state index contributed by atoms with van der Waals surface area (Å²) in [6, 6.07) is 19.8. The van der Waals surface area contributed by atoms with Crippen molar-refractivity contribution in [2.75, 3.05) is 11.4 Å². The van der Waals surface area contributed by atoms with Crippen LogP contribution in [0.1, 0.15) is 44.7 Å². The van der Waals surface area contributed by atoms with Crippen LogP contribution in [-0.2, 0) is 17.9 Å². The molecule has 172 valence electrons. The van der Waals surface area contributed by atoms with Crippen LogP contribution in [0.2, 0.25) is 0 Å². The van der Waals surface area contributed by atoms with E-state index in [1.165, 1.54) is 12.1 Å². The Hall–Kier alpha value is -4.00. The summed E-state index contributed by atoms with van der Waals surface area (Å²) >= 11 is 0. The third-order valence-electron chi connectivity index (χ3n) is 6.41. The lowest BCUT2D eigenvalue weighted by molar-refractivity contribution is -0.122. The highest BCUT2D eigenvalue weighted by Crippen LogP contribution is 2.33. The highest BCUT2D eigenvalue weighted by molar-refractivity contribution is 6.11. The molecule has 0 aromatic heterocycles. The number of hydrogen-bond donors (Lipinski definition) is 1. The average Bonchev–Trinajstić information content (AvgIpc) is 3.34. The maximum Gasteiger partial charge on any atom is 0.256 e. The number of benzene rings is 3. The fourth-order valence-electron chi connectivity index (χ4n) is 4.60. The number of nitrogens with zero attached hydrogens (tertiary/aromatic N) is 2. The van der Waals surface area contributed by atoms with Crippen molar-refractivity contribution in [2.24, 2.45) is 0 Å². The first kappa shape index (κ1) is 21.8. The number of carbonyl (C=O) groups is 3. The second kappa shape index (κ2) is 9.09. The maximum absolute atomic E-state index is 13.4. The van der Waals surface area contributed by atoms with Crippen LogP contribution in [0.4, 0.5) is 10.1 Å². The van der Waals surface area contributed by atoms with E-state index < -0.39 is 6.04 Å². The molecule has 0 spiro atoms. The van der Waals surface area contributed by atoms with E-state index in [0.717, 1.165) is 17.5 Å². The molecule has 1 saturated heterocycles. The van der Waals surface area contributed by atoms with Gasteiger partial charge in [-0.15, -0.1) is 0 Å². The molecule has 3 amide bonds. The second-order valence-electron chi connectivity index (χ2n) is 8.60. The molecule has 2 heterocycles. The van der Waals surface area contributed by atoms with Crippen molar-refractivity contribution in [1.82, 2.24) is 10.2 Å². The number of fused-ring (bicyclic) bond motifs is 2. The normalized spacial score (nSPS) is 17.3. The molecule has 2 aliphatic rings. The van der Waals surface area contributed by atoms with Crippen molar-refractivity contribution < 1.29 is 18.8 Å². The van der Waals surface area contributed by atoms with E-state index in [2.05, 4.69) is 5.32 Å². The first-order valence-electron chi connectivity index (χ1n) is 11.3. The van der Waals surface area contributed by atoms with Crippen LogP contribution >= 0.6 is 0 Å². The fourth-order valence-corrected chi connectivity index (χ4v) is 4.60. The quantitative estimate of drug-likeness (QED) is 0.632. The van der Waals surface area contributed by atoms with Gasteiger partial charge in [-0.1, -0.05) is 36.4 Å². The lowest BCUT2D eigenvalue weighted by Crippen LogP contribution is -2.44. The summed E-state index contributed by atoms with van der Waals surface area (Å²) in [6.45, 7) is 1.20. The molecule has 0 unspecified atom stereocenters. The molecule has 0 radical (unpaired) electrons. The van der Waals surface area contributed by atoms with Gasteiger partial charge in [0, 0.05) is 18.7 Å². The minimum absolute atomic E-state index is 0.0723. The molecule has 0 bridgehead atoms. The Bertz CT molecular complexity index is 1240. The molecule has 5 rings (SSSR count). The molecule has 1 atom stereocenters. The van der Waals surface area contributed by atoms with Crippen molar-refractivity contribution in [1.29, 1.82) is 0 Å². The van der Waals surface area contributed by atoms with Gasteiger partial charge in [0.05, 0.1) is 17.8 Å². The summed E-state index contributed by atoms with van der Waals surface area (Å²) in [5.74, 6) is -0.723. The number of nitrogens with one attached hydrogen (secondary N) is 1. The molecule has 7 heteroatoms. The van der Waals surface area contributed by atoms with Gasteiger partial charge in [-0.3, -0.25) is 14.4 Å². The van der Waals surface area contributed by atoms with Gasteiger partial charge in [0.2, 0.25) is 5.91 Å². The van der Waals surface area contributed by atoms with Gasteiger partial charge in [0.25, 0.3) is 11.8 Å². The van der Waals surface area contributed by atoms with Crippen molar-refractivity contribution in [2.45, 2.75) is 32.0 Å². The molecular weight excluding hydrogens is 433 g/mol. The number of carbonyl (C=O) groups excluding carboxylic acids is 3. The zero-order valence-electron chi connectivity index (χ0n) is 18.5. The third-order valence-corrected chi connectivity index (χ3v) is 6.41. The monoisotopic (exact) mass is 457 g/mol. The summed E-state index contributed by atoms with van der Waals surface area (Å²) < 4.78 is 13.0.